The molecule has 1 aromatic heterocycles. The molecule has 3 nitrogen and oxygen atoms in total. The van der Waals surface area contributed by atoms with Crippen LogP contribution in [0.3, 0.4) is 0 Å². The summed E-state index contributed by atoms with van der Waals surface area (Å²) in [7, 11) is 0. The standard InChI is InChI=1S/C13H11N3S/c14-8-10-3-1-4-11(7-10)12-5-2-6-15-13(12)9-16-17/h1-9,14,17H/b14-8?,16-9-. The van der Waals surface area contributed by atoms with Crippen LogP contribution in [0, 0.1) is 5.41 Å². The van der Waals surface area contributed by atoms with Gasteiger partial charge in [0.25, 0.3) is 0 Å². The molecule has 0 amide bonds. The summed E-state index contributed by atoms with van der Waals surface area (Å²) in [5, 5.41) is 7.26. The van der Waals surface area contributed by atoms with Crippen LogP contribution in [0.5, 0.6) is 0 Å². The van der Waals surface area contributed by atoms with Gasteiger partial charge in [-0.1, -0.05) is 24.3 Å². The Bertz CT molecular complexity index is 564. The number of rotatable bonds is 3. The minimum atomic E-state index is 0.768. The van der Waals surface area contributed by atoms with Gasteiger partial charge >= 0.3 is 0 Å². The van der Waals surface area contributed by atoms with Crippen LogP contribution in [-0.2, 0) is 0 Å². The van der Waals surface area contributed by atoms with Gasteiger partial charge in [-0.05, 0) is 36.1 Å². The molecule has 1 aromatic carbocycles. The minimum absolute atomic E-state index is 0.768. The van der Waals surface area contributed by atoms with Crippen molar-refractivity contribution in [3.05, 3.63) is 53.9 Å². The molecule has 84 valence electrons. The zero-order valence-corrected chi connectivity index (χ0v) is 9.93. The Hall–Kier alpha value is -1.94. The van der Waals surface area contributed by atoms with E-state index in [-0.39, 0.29) is 0 Å². The molecule has 0 fully saturated rings. The first-order chi connectivity index (χ1) is 8.35. The fourth-order valence-corrected chi connectivity index (χ4v) is 1.72. The highest BCUT2D eigenvalue weighted by Crippen LogP contribution is 2.21. The Balaban J connectivity index is 2.55. The van der Waals surface area contributed by atoms with Gasteiger partial charge in [0.1, 0.15) is 0 Å². The fraction of sp³-hybridized carbons (Fsp3) is 0. The monoisotopic (exact) mass is 241 g/mol. The second-order valence-electron chi connectivity index (χ2n) is 3.45. The molecule has 0 atom stereocenters. The number of nitrogens with one attached hydrogen (secondary N) is 1. The molecule has 0 aliphatic heterocycles. The van der Waals surface area contributed by atoms with E-state index in [0.29, 0.717) is 0 Å². The van der Waals surface area contributed by atoms with Crippen molar-refractivity contribution in [3.8, 4) is 11.1 Å². The van der Waals surface area contributed by atoms with Gasteiger partial charge in [0.05, 0.1) is 11.9 Å². The Morgan fingerprint density at radius 3 is 2.88 bits per heavy atom. The third kappa shape index (κ3) is 2.60. The summed E-state index contributed by atoms with van der Waals surface area (Å²) in [6.45, 7) is 0. The maximum atomic E-state index is 7.26. The highest BCUT2D eigenvalue weighted by molar-refractivity contribution is 7.79. The van der Waals surface area contributed by atoms with Crippen molar-refractivity contribution in [1.29, 1.82) is 5.41 Å². The second kappa shape index (κ2) is 5.41. The van der Waals surface area contributed by atoms with E-state index >= 15 is 0 Å². The smallest absolute Gasteiger partial charge is 0.0897 e. The number of hydrogen-bond acceptors (Lipinski definition) is 4. The first kappa shape index (κ1) is 11.5. The highest BCUT2D eigenvalue weighted by atomic mass is 32.1. The van der Waals surface area contributed by atoms with Crippen molar-refractivity contribution in [2.75, 3.05) is 0 Å². The summed E-state index contributed by atoms with van der Waals surface area (Å²) < 4.78 is 3.70. The molecule has 2 aromatic rings. The van der Waals surface area contributed by atoms with Crippen LogP contribution in [0.25, 0.3) is 11.1 Å². The lowest BCUT2D eigenvalue weighted by Gasteiger charge is -2.05. The lowest BCUT2D eigenvalue weighted by Crippen LogP contribution is -1.92. The molecule has 17 heavy (non-hydrogen) atoms. The zero-order chi connectivity index (χ0) is 12.1. The average Bonchev–Trinajstić information content (AvgIpc) is 2.40. The van der Waals surface area contributed by atoms with Gasteiger partial charge in [0, 0.05) is 18.0 Å². The Morgan fingerprint density at radius 2 is 2.12 bits per heavy atom. The highest BCUT2D eigenvalue weighted by Gasteiger charge is 2.04. The summed E-state index contributed by atoms with van der Waals surface area (Å²) in [6.07, 6.45) is 4.65. The molecule has 2 rings (SSSR count). The predicted octanol–water partition coefficient (Wildman–Crippen LogP) is 3.01. The summed E-state index contributed by atoms with van der Waals surface area (Å²) in [5.41, 5.74) is 3.63. The third-order valence-electron chi connectivity index (χ3n) is 2.38. The van der Waals surface area contributed by atoms with Crippen molar-refractivity contribution >= 4 is 25.2 Å². The molecular formula is C13H11N3S. The SMILES string of the molecule is N=Cc1cccc(-c2cccnc2/C=N\S)c1. The number of benzene rings is 1. The van der Waals surface area contributed by atoms with E-state index in [0.717, 1.165) is 22.4 Å². The fourth-order valence-electron chi connectivity index (χ4n) is 1.62. The van der Waals surface area contributed by atoms with E-state index < -0.39 is 0 Å². The Morgan fingerprint density at radius 1 is 1.24 bits per heavy atom. The van der Waals surface area contributed by atoms with Gasteiger partial charge in [-0.3, -0.25) is 4.98 Å². The Labute approximate surface area is 105 Å². The van der Waals surface area contributed by atoms with Gasteiger partial charge in [-0.15, -0.1) is 0 Å². The summed E-state index contributed by atoms with van der Waals surface area (Å²) in [6, 6.07) is 11.6. The number of aromatic nitrogens is 1. The van der Waals surface area contributed by atoms with Crippen LogP contribution < -0.4 is 0 Å². The number of nitrogens with zero attached hydrogens (tertiary/aromatic N) is 2. The zero-order valence-electron chi connectivity index (χ0n) is 9.04. The molecule has 4 heteroatoms. The molecule has 0 bridgehead atoms. The first-order valence-corrected chi connectivity index (χ1v) is 5.48. The van der Waals surface area contributed by atoms with Crippen molar-refractivity contribution in [3.63, 3.8) is 0 Å². The van der Waals surface area contributed by atoms with Gasteiger partial charge < -0.3 is 5.41 Å². The van der Waals surface area contributed by atoms with Gasteiger partial charge in [0.15, 0.2) is 0 Å². The molecule has 0 spiro atoms. The summed E-state index contributed by atoms with van der Waals surface area (Å²) in [5.74, 6) is 0. The van der Waals surface area contributed by atoms with Crippen molar-refractivity contribution < 1.29 is 0 Å². The maximum Gasteiger partial charge on any atom is 0.0897 e. The van der Waals surface area contributed by atoms with Gasteiger partial charge in [-0.25, -0.2) is 4.40 Å². The summed E-state index contributed by atoms with van der Waals surface area (Å²) >= 11 is 3.82. The van der Waals surface area contributed by atoms with E-state index in [2.05, 4.69) is 22.2 Å². The van der Waals surface area contributed by atoms with E-state index in [9.17, 15) is 0 Å². The quantitative estimate of drug-likeness (QED) is 0.630. The third-order valence-corrected chi connectivity index (χ3v) is 2.50. The predicted molar refractivity (Wildman–Crippen MR) is 74.1 cm³/mol. The molecule has 1 N–H and O–H groups in total. The van der Waals surface area contributed by atoms with Crippen molar-refractivity contribution in [1.82, 2.24) is 4.98 Å². The molecule has 0 saturated carbocycles. The van der Waals surface area contributed by atoms with Crippen molar-refractivity contribution in [2.45, 2.75) is 0 Å². The van der Waals surface area contributed by atoms with Crippen molar-refractivity contribution in [2.24, 2.45) is 4.40 Å². The number of pyridine rings is 1. The van der Waals surface area contributed by atoms with E-state index in [1.54, 1.807) is 12.4 Å². The Kier molecular flexibility index (Phi) is 3.67. The van der Waals surface area contributed by atoms with Crippen LogP contribution in [0.2, 0.25) is 0 Å². The second-order valence-corrected chi connectivity index (χ2v) is 3.68. The summed E-state index contributed by atoms with van der Waals surface area (Å²) in [4.78, 5) is 4.25. The minimum Gasteiger partial charge on any atom is -0.308 e. The lowest BCUT2D eigenvalue weighted by molar-refractivity contribution is 1.30. The largest absolute Gasteiger partial charge is 0.308 e. The van der Waals surface area contributed by atoms with Crippen LogP contribution >= 0.6 is 12.8 Å². The average molecular weight is 241 g/mol. The van der Waals surface area contributed by atoms with E-state index in [4.69, 9.17) is 5.41 Å². The molecule has 0 radical (unpaired) electrons. The first-order valence-electron chi connectivity index (χ1n) is 5.08. The normalized spacial score (nSPS) is 10.6. The lowest BCUT2D eigenvalue weighted by atomic mass is 10.0. The van der Waals surface area contributed by atoms with Crippen LogP contribution in [0.15, 0.2) is 47.0 Å². The molecule has 0 saturated heterocycles. The number of hydrogen-bond donors (Lipinski definition) is 2. The molecule has 0 aliphatic rings. The van der Waals surface area contributed by atoms with Crippen LogP contribution in [-0.4, -0.2) is 17.4 Å². The van der Waals surface area contributed by atoms with Gasteiger partial charge in [-0.2, -0.15) is 0 Å². The molecule has 1 heterocycles. The maximum absolute atomic E-state index is 7.26. The van der Waals surface area contributed by atoms with E-state index in [1.165, 1.54) is 6.21 Å². The molecule has 0 aliphatic carbocycles. The van der Waals surface area contributed by atoms with E-state index in [1.807, 2.05) is 36.4 Å². The topological polar surface area (TPSA) is 49.1 Å². The molecule has 0 unspecified atom stereocenters. The number of thiol groups is 1. The van der Waals surface area contributed by atoms with Gasteiger partial charge in [0.2, 0.25) is 0 Å². The molecular weight excluding hydrogens is 230 g/mol. The van der Waals surface area contributed by atoms with Crippen LogP contribution in [0.4, 0.5) is 0 Å². The van der Waals surface area contributed by atoms with Crippen LogP contribution in [0.1, 0.15) is 11.3 Å².